The van der Waals surface area contributed by atoms with Crippen molar-refractivity contribution in [3.63, 3.8) is 0 Å². The van der Waals surface area contributed by atoms with Gasteiger partial charge < -0.3 is 11.1 Å². The number of nitro benzene ring substituents is 1. The highest BCUT2D eigenvalue weighted by molar-refractivity contribution is 6.24. The summed E-state index contributed by atoms with van der Waals surface area (Å²) < 4.78 is 0. The van der Waals surface area contributed by atoms with Crippen molar-refractivity contribution in [2.45, 2.75) is 12.5 Å². The molecule has 2 aliphatic rings. The van der Waals surface area contributed by atoms with Crippen LogP contribution in [0.15, 0.2) is 77.4 Å². The maximum atomic E-state index is 13.1. The molecule has 1 atom stereocenters. The number of benzene rings is 3. The second-order valence-corrected chi connectivity index (χ2v) is 8.79. The second kappa shape index (κ2) is 9.71. The first-order valence-corrected chi connectivity index (χ1v) is 11.6. The van der Waals surface area contributed by atoms with Crippen molar-refractivity contribution in [3.05, 3.63) is 105 Å². The van der Waals surface area contributed by atoms with Gasteiger partial charge in [-0.1, -0.05) is 36.4 Å². The summed E-state index contributed by atoms with van der Waals surface area (Å²) in [5.41, 5.74) is 9.96. The molecule has 0 bridgehead atoms. The lowest BCUT2D eigenvalue weighted by Gasteiger charge is -2.14. The number of carbonyl (C=O) groups excluding carboxylic acids is 3. The molecule has 0 saturated carbocycles. The third kappa shape index (κ3) is 4.53. The van der Waals surface area contributed by atoms with E-state index in [1.54, 1.807) is 30.3 Å². The van der Waals surface area contributed by atoms with Crippen molar-refractivity contribution in [1.82, 2.24) is 10.2 Å². The number of carbonyl (C=O) groups is 3. The summed E-state index contributed by atoms with van der Waals surface area (Å²) in [5.74, 6) is -1.71. The van der Waals surface area contributed by atoms with Gasteiger partial charge in [0.1, 0.15) is 11.6 Å². The van der Waals surface area contributed by atoms with E-state index in [2.05, 4.69) is 10.6 Å². The van der Waals surface area contributed by atoms with Crippen molar-refractivity contribution < 1.29 is 19.3 Å². The zero-order valence-electron chi connectivity index (χ0n) is 20.2. The molecule has 1 unspecified atom stereocenters. The van der Waals surface area contributed by atoms with Crippen LogP contribution in [0.3, 0.4) is 0 Å². The minimum atomic E-state index is -0.878. The fourth-order valence-electron chi connectivity index (χ4n) is 4.35. The number of aliphatic imine (C=N–C) groups is 1. The first-order chi connectivity index (χ1) is 18.2. The van der Waals surface area contributed by atoms with Gasteiger partial charge in [-0.15, -0.1) is 0 Å². The number of nitrogens with zero attached hydrogens (tertiary/aromatic N) is 3. The summed E-state index contributed by atoms with van der Waals surface area (Å²) in [7, 11) is 1.50. The molecule has 11 heteroatoms. The molecule has 5 rings (SSSR count). The Labute approximate surface area is 216 Å². The van der Waals surface area contributed by atoms with Gasteiger partial charge in [-0.2, -0.15) is 0 Å². The topological polar surface area (TPSA) is 160 Å². The molecule has 0 radical (unpaired) electrons. The Morgan fingerprint density at radius 3 is 2.37 bits per heavy atom. The minimum absolute atomic E-state index is 0.125. The molecule has 4 amide bonds. The van der Waals surface area contributed by atoms with Gasteiger partial charge in [-0.25, -0.2) is 4.79 Å². The molecule has 0 aromatic heterocycles. The van der Waals surface area contributed by atoms with E-state index in [4.69, 9.17) is 10.7 Å². The zero-order chi connectivity index (χ0) is 27.0. The lowest BCUT2D eigenvalue weighted by atomic mass is 9.90. The van der Waals surface area contributed by atoms with E-state index in [-0.39, 0.29) is 17.3 Å². The number of likely N-dealkylation sites (N-methyl/N-ethyl adjacent to an activating group) is 1. The largest absolute Gasteiger partial charge is 0.328 e. The highest BCUT2D eigenvalue weighted by Gasteiger charge is 2.36. The lowest BCUT2D eigenvalue weighted by molar-refractivity contribution is -0.384. The number of hydrogen-bond acceptors (Lipinski definition) is 7. The van der Waals surface area contributed by atoms with E-state index in [1.165, 1.54) is 30.1 Å². The van der Waals surface area contributed by atoms with Crippen molar-refractivity contribution in [2.75, 3.05) is 12.4 Å². The SMILES string of the molecule is CN1C(=O)NC(=O)C1=Cc1ccc(N=C(c2ccc(CN)cc2)C2C(=O)Nc3ccc([N+](=O)[O-])cc32)cc1. The van der Waals surface area contributed by atoms with E-state index in [1.807, 2.05) is 24.3 Å². The van der Waals surface area contributed by atoms with E-state index >= 15 is 0 Å². The molecule has 38 heavy (non-hydrogen) atoms. The molecule has 3 aromatic carbocycles. The van der Waals surface area contributed by atoms with Crippen LogP contribution in [0.25, 0.3) is 6.08 Å². The predicted octanol–water partition coefficient (Wildman–Crippen LogP) is 3.43. The van der Waals surface area contributed by atoms with Gasteiger partial charge in [0.25, 0.3) is 11.6 Å². The molecule has 11 nitrogen and oxygen atoms in total. The van der Waals surface area contributed by atoms with Gasteiger partial charge in [0.2, 0.25) is 5.91 Å². The van der Waals surface area contributed by atoms with Crippen LogP contribution in [0.2, 0.25) is 0 Å². The summed E-state index contributed by atoms with van der Waals surface area (Å²) in [4.78, 5) is 53.7. The summed E-state index contributed by atoms with van der Waals surface area (Å²) in [6, 6.07) is 18.0. The van der Waals surface area contributed by atoms with Crippen LogP contribution in [0, 0.1) is 10.1 Å². The average Bonchev–Trinajstić information content (AvgIpc) is 3.37. The van der Waals surface area contributed by atoms with Crippen LogP contribution in [0.5, 0.6) is 0 Å². The number of anilines is 1. The van der Waals surface area contributed by atoms with Crippen LogP contribution >= 0.6 is 0 Å². The Bertz CT molecular complexity index is 1540. The molecule has 0 aliphatic carbocycles. The quantitative estimate of drug-likeness (QED) is 0.151. The number of nitrogens with one attached hydrogen (secondary N) is 2. The van der Waals surface area contributed by atoms with Gasteiger partial charge in [0.15, 0.2) is 0 Å². The second-order valence-electron chi connectivity index (χ2n) is 8.79. The number of non-ortho nitro benzene ring substituents is 1. The third-order valence-electron chi connectivity index (χ3n) is 6.40. The van der Waals surface area contributed by atoms with Crippen LogP contribution < -0.4 is 16.4 Å². The molecule has 1 fully saturated rings. The molecule has 1 saturated heterocycles. The van der Waals surface area contributed by atoms with E-state index in [0.717, 1.165) is 5.56 Å². The summed E-state index contributed by atoms with van der Waals surface area (Å²) >= 11 is 0. The third-order valence-corrected chi connectivity index (χ3v) is 6.40. The fourth-order valence-corrected chi connectivity index (χ4v) is 4.35. The van der Waals surface area contributed by atoms with Crippen molar-refractivity contribution in [2.24, 2.45) is 10.7 Å². The predicted molar refractivity (Wildman–Crippen MR) is 141 cm³/mol. The van der Waals surface area contributed by atoms with Crippen LogP contribution in [-0.2, 0) is 16.1 Å². The van der Waals surface area contributed by atoms with Gasteiger partial charge in [0, 0.05) is 37.0 Å². The molecule has 0 spiro atoms. The monoisotopic (exact) mass is 510 g/mol. The molecule has 190 valence electrons. The Kier molecular flexibility index (Phi) is 6.27. The number of imide groups is 1. The number of rotatable bonds is 6. The van der Waals surface area contributed by atoms with Crippen molar-refractivity contribution >= 4 is 46.7 Å². The maximum absolute atomic E-state index is 13.1. The van der Waals surface area contributed by atoms with Gasteiger partial charge in [-0.05, 0) is 41.0 Å². The highest BCUT2D eigenvalue weighted by Crippen LogP contribution is 2.38. The molecule has 3 aromatic rings. The van der Waals surface area contributed by atoms with Crippen molar-refractivity contribution in [1.29, 1.82) is 0 Å². The van der Waals surface area contributed by atoms with Gasteiger partial charge in [0.05, 0.1) is 16.3 Å². The standard InChI is InChI=1S/C27H22N6O5/c1-32-22(25(34)31-27(32)36)12-15-4-8-18(9-5-15)29-24(17-6-2-16(14-28)3-7-17)23-20-13-19(33(37)38)10-11-21(20)30-26(23)35/h2-13,23H,14,28H2,1H3,(H,30,35)(H,31,34,36). The van der Waals surface area contributed by atoms with E-state index in [0.29, 0.717) is 40.3 Å². The maximum Gasteiger partial charge on any atom is 0.328 e. The summed E-state index contributed by atoms with van der Waals surface area (Å²) in [5, 5.41) is 16.4. The highest BCUT2D eigenvalue weighted by atomic mass is 16.6. The van der Waals surface area contributed by atoms with E-state index in [9.17, 15) is 24.5 Å². The van der Waals surface area contributed by atoms with Crippen molar-refractivity contribution in [3.8, 4) is 0 Å². The normalized spacial score (nSPS) is 18.0. The number of nitrogens with two attached hydrogens (primary N) is 1. The first-order valence-electron chi connectivity index (χ1n) is 11.6. The van der Waals surface area contributed by atoms with Gasteiger partial charge >= 0.3 is 6.03 Å². The minimum Gasteiger partial charge on any atom is -0.326 e. The van der Waals surface area contributed by atoms with E-state index < -0.39 is 22.8 Å². The zero-order valence-corrected chi connectivity index (χ0v) is 20.2. The van der Waals surface area contributed by atoms with Crippen LogP contribution in [-0.4, -0.2) is 40.4 Å². The average molecular weight is 511 g/mol. The fraction of sp³-hybridized carbons (Fsp3) is 0.111. The van der Waals surface area contributed by atoms with Crippen LogP contribution in [0.4, 0.5) is 21.9 Å². The van der Waals surface area contributed by atoms with Gasteiger partial charge in [-0.3, -0.25) is 34.9 Å². The number of amides is 4. The number of urea groups is 1. The Morgan fingerprint density at radius 1 is 1.05 bits per heavy atom. The molecule has 2 aliphatic heterocycles. The smallest absolute Gasteiger partial charge is 0.326 e. The molecule has 2 heterocycles. The molecular weight excluding hydrogens is 488 g/mol. The number of fused-ring (bicyclic) bond motifs is 1. The number of nitro groups is 1. The lowest BCUT2D eigenvalue weighted by Crippen LogP contribution is -2.24. The molecular formula is C27H22N6O5. The Balaban J connectivity index is 1.57. The summed E-state index contributed by atoms with van der Waals surface area (Å²) in [6.07, 6.45) is 1.58. The first kappa shape index (κ1) is 24.5. The Hall–Kier alpha value is -5.16. The molecule has 4 N–H and O–H groups in total. The Morgan fingerprint density at radius 2 is 1.76 bits per heavy atom. The summed E-state index contributed by atoms with van der Waals surface area (Å²) in [6.45, 7) is 0.349. The van der Waals surface area contributed by atoms with Crippen LogP contribution in [0.1, 0.15) is 28.2 Å². The number of hydrogen-bond donors (Lipinski definition) is 3.